The highest BCUT2D eigenvalue weighted by molar-refractivity contribution is 5.77. The summed E-state index contributed by atoms with van der Waals surface area (Å²) in [5.41, 5.74) is 9.52. The summed E-state index contributed by atoms with van der Waals surface area (Å²) < 4.78 is 0. The van der Waals surface area contributed by atoms with Gasteiger partial charge in [0.15, 0.2) is 0 Å². The fourth-order valence-corrected chi connectivity index (χ4v) is 1.06. The van der Waals surface area contributed by atoms with Gasteiger partial charge in [0.1, 0.15) is 5.54 Å². The molecule has 0 aromatic heterocycles. The number of aliphatic hydroxyl groups excluding tert-OH is 2. The Balaban J connectivity index is 4.16. The molecule has 0 aliphatic heterocycles. The fraction of sp³-hybridized carbons (Fsp3) is 0.875. The number of hydrogen-bond acceptors (Lipinski definition) is 5. The molecule has 0 radical (unpaired) electrons. The summed E-state index contributed by atoms with van der Waals surface area (Å²) >= 11 is 0. The van der Waals surface area contributed by atoms with Crippen LogP contribution < -0.4 is 11.5 Å². The van der Waals surface area contributed by atoms with Crippen molar-refractivity contribution in [3.05, 3.63) is 0 Å². The Labute approximate surface area is 82.5 Å². The zero-order chi connectivity index (χ0) is 11.4. The van der Waals surface area contributed by atoms with E-state index in [4.69, 9.17) is 21.7 Å². The SMILES string of the molecule is CC(N)(CC(N)C(O)CCO)C(=O)O. The van der Waals surface area contributed by atoms with E-state index < -0.39 is 23.7 Å². The summed E-state index contributed by atoms with van der Waals surface area (Å²) in [4.78, 5) is 10.6. The Hall–Kier alpha value is -0.690. The van der Waals surface area contributed by atoms with E-state index in [1.54, 1.807) is 0 Å². The topological polar surface area (TPSA) is 130 Å². The summed E-state index contributed by atoms with van der Waals surface area (Å²) in [5, 5.41) is 26.5. The van der Waals surface area contributed by atoms with Crippen LogP contribution in [0.5, 0.6) is 0 Å². The molecule has 6 nitrogen and oxygen atoms in total. The average molecular weight is 206 g/mol. The van der Waals surface area contributed by atoms with E-state index in [0.29, 0.717) is 0 Å². The van der Waals surface area contributed by atoms with Crippen molar-refractivity contribution in [2.24, 2.45) is 11.5 Å². The van der Waals surface area contributed by atoms with Crippen LogP contribution in [-0.4, -0.2) is 45.6 Å². The molecular weight excluding hydrogens is 188 g/mol. The molecule has 0 bridgehead atoms. The van der Waals surface area contributed by atoms with Gasteiger partial charge in [-0.25, -0.2) is 0 Å². The highest BCUT2D eigenvalue weighted by Crippen LogP contribution is 2.11. The van der Waals surface area contributed by atoms with E-state index in [2.05, 4.69) is 0 Å². The summed E-state index contributed by atoms with van der Waals surface area (Å²) in [6, 6.07) is -0.742. The first-order valence-corrected chi connectivity index (χ1v) is 4.38. The van der Waals surface area contributed by atoms with Crippen LogP contribution >= 0.6 is 0 Å². The maximum absolute atomic E-state index is 10.6. The van der Waals surface area contributed by atoms with E-state index in [9.17, 15) is 9.90 Å². The zero-order valence-electron chi connectivity index (χ0n) is 8.18. The predicted octanol–water partition coefficient (Wildman–Crippen LogP) is -1.75. The maximum Gasteiger partial charge on any atom is 0.323 e. The van der Waals surface area contributed by atoms with E-state index in [0.717, 1.165) is 0 Å². The Morgan fingerprint density at radius 3 is 2.43 bits per heavy atom. The van der Waals surface area contributed by atoms with Crippen LogP contribution in [0.25, 0.3) is 0 Å². The monoisotopic (exact) mass is 206 g/mol. The van der Waals surface area contributed by atoms with E-state index >= 15 is 0 Å². The van der Waals surface area contributed by atoms with Crippen molar-refractivity contribution in [3.63, 3.8) is 0 Å². The van der Waals surface area contributed by atoms with Crippen molar-refractivity contribution in [1.29, 1.82) is 0 Å². The fourth-order valence-electron chi connectivity index (χ4n) is 1.06. The predicted molar refractivity (Wildman–Crippen MR) is 50.5 cm³/mol. The third kappa shape index (κ3) is 4.01. The maximum atomic E-state index is 10.6. The lowest BCUT2D eigenvalue weighted by Crippen LogP contribution is -2.51. The molecule has 0 saturated carbocycles. The summed E-state index contributed by atoms with van der Waals surface area (Å²) in [7, 11) is 0. The van der Waals surface area contributed by atoms with Crippen LogP contribution in [0.1, 0.15) is 19.8 Å². The molecule has 0 fully saturated rings. The van der Waals surface area contributed by atoms with E-state index in [1.807, 2.05) is 0 Å². The number of aliphatic carboxylic acids is 1. The highest BCUT2D eigenvalue weighted by atomic mass is 16.4. The Morgan fingerprint density at radius 2 is 2.07 bits per heavy atom. The summed E-state index contributed by atoms with van der Waals surface area (Å²) in [6.45, 7) is 1.14. The molecule has 0 spiro atoms. The van der Waals surface area contributed by atoms with Crippen LogP contribution in [0.15, 0.2) is 0 Å². The van der Waals surface area contributed by atoms with E-state index in [-0.39, 0.29) is 19.4 Å². The molecule has 0 aliphatic carbocycles. The van der Waals surface area contributed by atoms with Crippen molar-refractivity contribution >= 4 is 5.97 Å². The number of nitrogens with two attached hydrogens (primary N) is 2. The van der Waals surface area contributed by atoms with Gasteiger partial charge in [0, 0.05) is 12.6 Å². The lowest BCUT2D eigenvalue weighted by molar-refractivity contribution is -0.143. The molecule has 0 aliphatic rings. The normalized spacial score (nSPS) is 19.8. The molecular formula is C8H18N2O4. The van der Waals surface area contributed by atoms with Crippen molar-refractivity contribution in [1.82, 2.24) is 0 Å². The zero-order valence-corrected chi connectivity index (χ0v) is 8.18. The first-order chi connectivity index (χ1) is 6.31. The van der Waals surface area contributed by atoms with Gasteiger partial charge in [-0.3, -0.25) is 4.79 Å². The second kappa shape index (κ2) is 5.26. The van der Waals surface area contributed by atoms with Crippen molar-refractivity contribution in [3.8, 4) is 0 Å². The first-order valence-electron chi connectivity index (χ1n) is 4.38. The summed E-state index contributed by atoms with van der Waals surface area (Å²) in [6.07, 6.45) is -0.845. The van der Waals surface area contributed by atoms with Gasteiger partial charge in [-0.05, 0) is 19.8 Å². The smallest absolute Gasteiger partial charge is 0.323 e. The number of carboxylic acid groups (broad SMARTS) is 1. The molecule has 3 atom stereocenters. The lowest BCUT2D eigenvalue weighted by Gasteiger charge is -2.26. The molecule has 0 rings (SSSR count). The van der Waals surface area contributed by atoms with Crippen LogP contribution in [0.3, 0.4) is 0 Å². The largest absolute Gasteiger partial charge is 0.480 e. The van der Waals surface area contributed by atoms with Crippen molar-refractivity contribution in [2.45, 2.75) is 37.5 Å². The molecule has 0 heterocycles. The molecule has 3 unspecified atom stereocenters. The second-order valence-electron chi connectivity index (χ2n) is 3.67. The number of rotatable bonds is 6. The van der Waals surface area contributed by atoms with Gasteiger partial charge in [-0.15, -0.1) is 0 Å². The standard InChI is InChI=1S/C8H18N2O4/c1-8(10,7(13)14)4-5(9)6(12)2-3-11/h5-6,11-12H,2-4,9-10H2,1H3,(H,13,14). The van der Waals surface area contributed by atoms with Crippen molar-refractivity contribution < 1.29 is 20.1 Å². The van der Waals surface area contributed by atoms with Crippen LogP contribution in [0.2, 0.25) is 0 Å². The highest BCUT2D eigenvalue weighted by Gasteiger charge is 2.32. The van der Waals surface area contributed by atoms with E-state index in [1.165, 1.54) is 6.92 Å². The minimum atomic E-state index is -1.45. The average Bonchev–Trinajstić information content (AvgIpc) is 2.03. The number of carboxylic acids is 1. The third-order valence-corrected chi connectivity index (χ3v) is 2.07. The molecule has 84 valence electrons. The van der Waals surface area contributed by atoms with Gasteiger partial charge in [0.2, 0.25) is 0 Å². The Bertz CT molecular complexity index is 196. The second-order valence-corrected chi connectivity index (χ2v) is 3.67. The van der Waals surface area contributed by atoms with Gasteiger partial charge >= 0.3 is 5.97 Å². The molecule has 14 heavy (non-hydrogen) atoms. The number of aliphatic hydroxyl groups is 2. The van der Waals surface area contributed by atoms with Gasteiger partial charge in [-0.1, -0.05) is 0 Å². The third-order valence-electron chi connectivity index (χ3n) is 2.07. The number of carbonyl (C=O) groups is 1. The minimum Gasteiger partial charge on any atom is -0.480 e. The number of hydrogen-bond donors (Lipinski definition) is 5. The first kappa shape index (κ1) is 13.3. The van der Waals surface area contributed by atoms with Gasteiger partial charge in [0.05, 0.1) is 6.10 Å². The van der Waals surface area contributed by atoms with Crippen LogP contribution in [-0.2, 0) is 4.79 Å². The van der Waals surface area contributed by atoms with Crippen LogP contribution in [0.4, 0.5) is 0 Å². The minimum absolute atomic E-state index is 0.0382. The molecule has 7 N–H and O–H groups in total. The molecule has 6 heteroatoms. The van der Waals surface area contributed by atoms with Gasteiger partial charge < -0.3 is 26.8 Å². The van der Waals surface area contributed by atoms with Gasteiger partial charge in [-0.2, -0.15) is 0 Å². The van der Waals surface area contributed by atoms with Crippen LogP contribution in [0, 0.1) is 0 Å². The molecule has 0 amide bonds. The van der Waals surface area contributed by atoms with Gasteiger partial charge in [0.25, 0.3) is 0 Å². The van der Waals surface area contributed by atoms with Crippen molar-refractivity contribution in [2.75, 3.05) is 6.61 Å². The molecule has 0 aromatic carbocycles. The summed E-state index contributed by atoms with van der Waals surface area (Å²) in [5.74, 6) is -1.16. The molecule has 0 saturated heterocycles. The quantitative estimate of drug-likeness (QED) is 0.350. The Morgan fingerprint density at radius 1 is 1.57 bits per heavy atom. The lowest BCUT2D eigenvalue weighted by atomic mass is 9.91. The Kier molecular flexibility index (Phi) is 5.00. The molecule has 0 aromatic rings.